The lowest BCUT2D eigenvalue weighted by Crippen LogP contribution is -2.36. The SMILES string of the molecule is CN1CCC(N)C1.CN1CCC(NC(=O)c2ccncc2Nc2cc(Cl)c3nccnc3c2)C1.O=C(O)c1ccncc1Nc1cc(Cl)c2nccnc2c1. The number of amides is 1. The minimum Gasteiger partial charge on any atom is -0.478 e. The first kappa shape index (κ1) is 39.1. The van der Waals surface area contributed by atoms with Crippen molar-refractivity contribution in [2.75, 3.05) is 50.9 Å². The number of carbonyl (C=O) groups excluding carboxylic acids is 1. The highest BCUT2D eigenvalue weighted by Gasteiger charge is 2.23. The Labute approximate surface area is 327 Å². The molecule has 2 atom stereocenters. The van der Waals surface area contributed by atoms with Crippen LogP contribution < -0.4 is 21.7 Å². The van der Waals surface area contributed by atoms with Crippen molar-refractivity contribution in [1.82, 2.24) is 45.0 Å². The van der Waals surface area contributed by atoms with Crippen molar-refractivity contribution in [2.24, 2.45) is 5.73 Å². The number of nitrogens with two attached hydrogens (primary N) is 1. The minimum absolute atomic E-state index is 0.119. The van der Waals surface area contributed by atoms with Crippen LogP contribution in [0.2, 0.25) is 10.0 Å². The summed E-state index contributed by atoms with van der Waals surface area (Å²) in [6.07, 6.45) is 14.6. The third kappa shape index (κ3) is 10.3. The fourth-order valence-corrected chi connectivity index (χ4v) is 6.70. The molecule has 2 aliphatic rings. The molecule has 2 aliphatic heterocycles. The van der Waals surface area contributed by atoms with Gasteiger partial charge in [0.15, 0.2) is 0 Å². The number of carbonyl (C=O) groups is 2. The highest BCUT2D eigenvalue weighted by atomic mass is 35.5. The number of rotatable bonds is 7. The number of hydrogen-bond acceptors (Lipinski definition) is 13. The van der Waals surface area contributed by atoms with Gasteiger partial charge in [-0.25, -0.2) is 4.79 Å². The average molecular weight is 784 g/mol. The number of benzene rings is 2. The molecule has 15 nitrogen and oxygen atoms in total. The minimum atomic E-state index is -1.04. The smallest absolute Gasteiger partial charge is 0.337 e. The molecule has 17 heteroatoms. The summed E-state index contributed by atoms with van der Waals surface area (Å²) in [4.78, 5) is 53.3. The van der Waals surface area contributed by atoms with Crippen LogP contribution in [-0.2, 0) is 0 Å². The number of nitrogens with one attached hydrogen (secondary N) is 3. The molecule has 8 rings (SSSR count). The van der Waals surface area contributed by atoms with Crippen LogP contribution in [0.3, 0.4) is 0 Å². The van der Waals surface area contributed by atoms with Gasteiger partial charge in [0.25, 0.3) is 5.91 Å². The molecule has 1 amide bonds. The summed E-state index contributed by atoms with van der Waals surface area (Å²) in [5, 5.41) is 19.4. The summed E-state index contributed by atoms with van der Waals surface area (Å²) in [7, 11) is 4.16. The predicted molar refractivity (Wildman–Crippen MR) is 215 cm³/mol. The normalized spacial score (nSPS) is 16.8. The van der Waals surface area contributed by atoms with Crippen LogP contribution in [0.1, 0.15) is 33.6 Å². The van der Waals surface area contributed by atoms with E-state index in [2.05, 4.69) is 69.7 Å². The number of nitrogens with zero attached hydrogens (tertiary/aromatic N) is 8. The van der Waals surface area contributed by atoms with Crippen LogP contribution >= 0.6 is 23.2 Å². The van der Waals surface area contributed by atoms with Gasteiger partial charge in [-0.2, -0.15) is 0 Å². The Hall–Kier alpha value is -5.58. The largest absolute Gasteiger partial charge is 0.478 e. The monoisotopic (exact) mass is 782 g/mol. The summed E-state index contributed by atoms with van der Waals surface area (Å²) in [6, 6.07) is 10.8. The molecule has 4 aromatic heterocycles. The molecule has 0 spiro atoms. The number of aromatic nitrogens is 6. The number of likely N-dealkylation sites (N-methyl/N-ethyl adjacent to an activating group) is 2. The van der Waals surface area contributed by atoms with Crippen LogP contribution in [-0.4, -0.2) is 109 Å². The van der Waals surface area contributed by atoms with Crippen molar-refractivity contribution in [1.29, 1.82) is 0 Å². The van der Waals surface area contributed by atoms with Gasteiger partial charge in [-0.3, -0.25) is 34.7 Å². The summed E-state index contributed by atoms with van der Waals surface area (Å²) in [5.41, 5.74) is 11.1. The van der Waals surface area contributed by atoms with E-state index in [1.165, 1.54) is 31.4 Å². The molecule has 0 radical (unpaired) electrons. The zero-order valence-corrected chi connectivity index (χ0v) is 31.7. The van der Waals surface area contributed by atoms with Gasteiger partial charge in [0.05, 0.1) is 56.0 Å². The highest BCUT2D eigenvalue weighted by molar-refractivity contribution is 6.35. The number of carboxylic acids is 1. The van der Waals surface area contributed by atoms with Crippen LogP contribution in [0.15, 0.2) is 86.0 Å². The van der Waals surface area contributed by atoms with Gasteiger partial charge in [-0.05, 0) is 76.4 Å². The number of fused-ring (bicyclic) bond motifs is 2. The molecule has 2 fully saturated rings. The first-order chi connectivity index (χ1) is 26.5. The van der Waals surface area contributed by atoms with Crippen molar-refractivity contribution in [3.63, 3.8) is 0 Å². The van der Waals surface area contributed by atoms with Gasteiger partial charge in [-0.1, -0.05) is 23.2 Å². The van der Waals surface area contributed by atoms with E-state index in [-0.39, 0.29) is 17.5 Å². The van der Waals surface area contributed by atoms with Crippen molar-refractivity contribution >= 4 is 79.9 Å². The Morgan fingerprint density at radius 2 is 1.24 bits per heavy atom. The molecule has 2 unspecified atom stereocenters. The van der Waals surface area contributed by atoms with Crippen LogP contribution in [0.25, 0.3) is 22.1 Å². The summed E-state index contributed by atoms with van der Waals surface area (Å²) in [6.45, 7) is 4.11. The average Bonchev–Trinajstić information content (AvgIpc) is 3.77. The lowest BCUT2D eigenvalue weighted by atomic mass is 10.1. The van der Waals surface area contributed by atoms with E-state index >= 15 is 0 Å². The number of pyridine rings is 2. The first-order valence-corrected chi connectivity index (χ1v) is 18.2. The number of aromatic carboxylic acids is 1. The molecule has 2 aromatic carbocycles. The third-order valence-corrected chi connectivity index (χ3v) is 9.46. The molecule has 284 valence electrons. The molecule has 0 saturated carbocycles. The van der Waals surface area contributed by atoms with Crippen LogP contribution in [0, 0.1) is 0 Å². The summed E-state index contributed by atoms with van der Waals surface area (Å²) >= 11 is 12.5. The molecule has 6 aromatic rings. The molecule has 2 saturated heterocycles. The predicted octanol–water partition coefficient (Wildman–Crippen LogP) is 5.62. The molecule has 6 heterocycles. The van der Waals surface area contributed by atoms with E-state index in [0.29, 0.717) is 60.8 Å². The third-order valence-electron chi connectivity index (χ3n) is 8.88. The first-order valence-electron chi connectivity index (χ1n) is 17.4. The lowest BCUT2D eigenvalue weighted by molar-refractivity contribution is 0.0697. The zero-order chi connectivity index (χ0) is 38.9. The molecule has 0 aliphatic carbocycles. The van der Waals surface area contributed by atoms with E-state index in [4.69, 9.17) is 34.0 Å². The van der Waals surface area contributed by atoms with Gasteiger partial charge in [0.2, 0.25) is 0 Å². The maximum atomic E-state index is 12.8. The van der Waals surface area contributed by atoms with Crippen molar-refractivity contribution in [2.45, 2.75) is 24.9 Å². The zero-order valence-electron chi connectivity index (χ0n) is 30.2. The maximum absolute atomic E-state index is 12.8. The van der Waals surface area contributed by atoms with Gasteiger partial charge in [-0.15, -0.1) is 0 Å². The second-order valence-electron chi connectivity index (χ2n) is 13.2. The van der Waals surface area contributed by atoms with Crippen molar-refractivity contribution < 1.29 is 14.7 Å². The fraction of sp³-hybridized carbons (Fsp3) is 0.263. The van der Waals surface area contributed by atoms with Gasteiger partial charge >= 0.3 is 5.97 Å². The summed E-state index contributed by atoms with van der Waals surface area (Å²) < 4.78 is 0. The van der Waals surface area contributed by atoms with Crippen LogP contribution in [0.4, 0.5) is 22.7 Å². The highest BCUT2D eigenvalue weighted by Crippen LogP contribution is 2.29. The van der Waals surface area contributed by atoms with E-state index in [1.54, 1.807) is 61.4 Å². The van der Waals surface area contributed by atoms with Gasteiger partial charge in [0.1, 0.15) is 11.0 Å². The summed E-state index contributed by atoms with van der Waals surface area (Å²) in [5.74, 6) is -1.15. The number of likely N-dealkylation sites (tertiary alicyclic amines) is 2. The number of halogens is 2. The topological polar surface area (TPSA) is 200 Å². The molecule has 0 bridgehead atoms. The van der Waals surface area contributed by atoms with Crippen molar-refractivity contribution in [3.05, 3.63) is 107 Å². The fourth-order valence-electron chi connectivity index (χ4n) is 6.18. The van der Waals surface area contributed by atoms with Crippen molar-refractivity contribution in [3.8, 4) is 0 Å². The standard InChI is InChI=1S/C19H19ClN6O.C14H9ClN4O2.C5H12N2/c1-26-7-3-12(11-26)25-19(27)14-2-4-21-10-17(14)24-13-8-15(20)18-16(9-13)22-5-6-23-18;15-10-5-8(6-11-13(10)18-4-3-17-11)19-12-7-16-2-1-9(12)14(20)21;1-7-3-2-5(6)4-7/h2,4-6,8-10,12,24H,3,7,11H2,1H3,(H,25,27);1-7,19H,(H,20,21);5H,2-4,6H2,1H3. The van der Waals surface area contributed by atoms with E-state index in [0.717, 1.165) is 31.7 Å². The second kappa shape index (κ2) is 18.2. The quantitative estimate of drug-likeness (QED) is 0.134. The van der Waals surface area contributed by atoms with E-state index < -0.39 is 5.97 Å². The Balaban J connectivity index is 0.000000162. The maximum Gasteiger partial charge on any atom is 0.337 e. The Morgan fingerprint density at radius 3 is 1.71 bits per heavy atom. The number of anilines is 4. The number of hydrogen-bond donors (Lipinski definition) is 5. The molecular formula is C38H40Cl2N12O3. The second-order valence-corrected chi connectivity index (χ2v) is 14.0. The van der Waals surface area contributed by atoms with E-state index in [1.807, 2.05) is 6.07 Å². The number of carboxylic acid groups (broad SMARTS) is 1. The Morgan fingerprint density at radius 1 is 0.727 bits per heavy atom. The molecular weight excluding hydrogens is 743 g/mol. The Bertz CT molecular complexity index is 2290. The van der Waals surface area contributed by atoms with E-state index in [9.17, 15) is 9.59 Å². The Kier molecular flexibility index (Phi) is 12.9. The van der Waals surface area contributed by atoms with Gasteiger partial charge in [0, 0.05) is 73.7 Å². The lowest BCUT2D eigenvalue weighted by Gasteiger charge is -2.16. The van der Waals surface area contributed by atoms with Crippen LogP contribution in [0.5, 0.6) is 0 Å². The molecule has 6 N–H and O–H groups in total. The van der Waals surface area contributed by atoms with Gasteiger partial charge < -0.3 is 36.6 Å². The molecule has 55 heavy (non-hydrogen) atoms.